The van der Waals surface area contributed by atoms with E-state index in [2.05, 4.69) is 31.9 Å². The number of hydrogen-bond acceptors (Lipinski definition) is 16. The van der Waals surface area contributed by atoms with Gasteiger partial charge in [0, 0.05) is 66.6 Å². The van der Waals surface area contributed by atoms with Crippen molar-refractivity contribution in [2.75, 3.05) is 23.3 Å². The summed E-state index contributed by atoms with van der Waals surface area (Å²) in [7, 11) is -4.24. The van der Waals surface area contributed by atoms with Gasteiger partial charge >= 0.3 is 65.4 Å². The van der Waals surface area contributed by atoms with E-state index in [0.717, 1.165) is 9.87 Å². The van der Waals surface area contributed by atoms with Crippen LogP contribution < -0.4 is 76.8 Å². The second-order valence-electron chi connectivity index (χ2n) is 22.3. The van der Waals surface area contributed by atoms with Crippen LogP contribution in [0.4, 0.5) is 16.2 Å². The zero-order valence-electron chi connectivity index (χ0n) is 50.3. The summed E-state index contributed by atoms with van der Waals surface area (Å²) in [6, 6.07) is 13.4. The van der Waals surface area contributed by atoms with Gasteiger partial charge in [-0.1, -0.05) is 50.2 Å². The number of sulfonamides is 1. The molecule has 6 atom stereocenters. The van der Waals surface area contributed by atoms with E-state index in [1.165, 1.54) is 42.2 Å². The third kappa shape index (κ3) is 19.4. The molecule has 476 valence electrons. The molecule has 0 aromatic heterocycles. The van der Waals surface area contributed by atoms with Crippen molar-refractivity contribution in [2.45, 2.75) is 145 Å². The van der Waals surface area contributed by atoms with Gasteiger partial charge in [0.2, 0.25) is 29.5 Å². The molecule has 0 aliphatic carbocycles. The number of esters is 1. The van der Waals surface area contributed by atoms with Crippen LogP contribution in [-0.4, -0.2) is 148 Å². The molecular weight excluding hydrogens is 1210 g/mol. The number of aliphatic carboxylic acids is 4. The Balaban J connectivity index is 0.0000147. The molecule has 0 saturated carbocycles. The summed E-state index contributed by atoms with van der Waals surface area (Å²) in [4.78, 5) is 156. The third-order valence-corrected chi connectivity index (χ3v) is 16.5. The number of fused-ring (bicyclic) bond motifs is 1. The Morgan fingerprint density at radius 3 is 1.77 bits per heavy atom. The SMILES string of the molecule is Cc1cc(C)c(C(C)(C)CC(=O)Nc2ccc(C(=O)N3CCc4cc(S(=O)(=O)N5C[C@H](c6ccccc6)NC5=O)ccc43)cc2)c(OC(=O)C(C)NC(=O)[C@H](CCC(=O)O)NC(=O)[C@H](CCC(=O)O)NC(=O)[C@H](CCC(=O)O)NC(=O)[C@@H](N)CCC(=O)O)c1.[Na+]. The Hall–Kier alpha value is -8.77. The van der Waals surface area contributed by atoms with Gasteiger partial charge in [0.05, 0.1) is 23.5 Å². The number of nitrogens with one attached hydrogen (secondary N) is 6. The first kappa shape index (κ1) is 72.0. The molecule has 4 aromatic carbocycles. The molecule has 8 amide bonds. The maximum atomic E-state index is 13.9. The smallest absolute Gasteiger partial charge is 0.481 e. The van der Waals surface area contributed by atoms with Crippen molar-refractivity contribution in [1.82, 2.24) is 30.9 Å². The maximum Gasteiger partial charge on any atom is 1.00 e. The van der Waals surface area contributed by atoms with Gasteiger partial charge in [0.25, 0.3) is 15.9 Å². The summed E-state index contributed by atoms with van der Waals surface area (Å²) >= 11 is 0. The molecule has 28 nitrogen and oxygen atoms in total. The van der Waals surface area contributed by atoms with Crippen LogP contribution >= 0.6 is 0 Å². The molecular formula is C60H71N9NaO19S+. The van der Waals surface area contributed by atoms with Gasteiger partial charge in [0.1, 0.15) is 29.9 Å². The molecule has 12 N–H and O–H groups in total. The van der Waals surface area contributed by atoms with Crippen LogP contribution in [0.3, 0.4) is 0 Å². The Morgan fingerprint density at radius 1 is 0.700 bits per heavy atom. The van der Waals surface area contributed by atoms with Gasteiger partial charge in [0.15, 0.2) is 0 Å². The van der Waals surface area contributed by atoms with Crippen LogP contribution in [0.25, 0.3) is 0 Å². The molecule has 1 saturated heterocycles. The van der Waals surface area contributed by atoms with Crippen molar-refractivity contribution in [2.24, 2.45) is 5.73 Å². The van der Waals surface area contributed by atoms with Gasteiger partial charge in [-0.2, -0.15) is 0 Å². The van der Waals surface area contributed by atoms with Gasteiger partial charge in [-0.15, -0.1) is 0 Å². The van der Waals surface area contributed by atoms with E-state index in [9.17, 15) is 81.3 Å². The van der Waals surface area contributed by atoms with E-state index in [-0.39, 0.29) is 77.6 Å². The first-order valence-electron chi connectivity index (χ1n) is 28.3. The quantitative estimate of drug-likeness (QED) is 0.0185. The second-order valence-corrected chi connectivity index (χ2v) is 24.1. The number of ether oxygens (including phenoxy) is 1. The number of anilines is 2. The molecule has 4 aromatic rings. The van der Waals surface area contributed by atoms with E-state index in [1.54, 1.807) is 76.2 Å². The third-order valence-electron chi connectivity index (χ3n) is 14.8. The van der Waals surface area contributed by atoms with Crippen LogP contribution in [0.1, 0.15) is 123 Å². The van der Waals surface area contributed by atoms with Crippen LogP contribution in [0.5, 0.6) is 5.75 Å². The number of aryl methyl sites for hydroxylation is 2. The Kier molecular flexibility index (Phi) is 25.3. The minimum Gasteiger partial charge on any atom is -0.481 e. The number of benzene rings is 4. The summed E-state index contributed by atoms with van der Waals surface area (Å²) < 4.78 is 34.1. The summed E-state index contributed by atoms with van der Waals surface area (Å²) in [5, 5.41) is 51.9. The van der Waals surface area contributed by atoms with E-state index in [1.807, 2.05) is 6.07 Å². The molecule has 2 heterocycles. The molecule has 1 unspecified atom stereocenters. The summed E-state index contributed by atoms with van der Waals surface area (Å²) in [6.07, 6.45) is -4.67. The zero-order chi connectivity index (χ0) is 65.7. The van der Waals surface area contributed by atoms with Gasteiger partial charge in [-0.3, -0.25) is 47.9 Å². The number of rotatable bonds is 30. The van der Waals surface area contributed by atoms with Crippen LogP contribution in [0, 0.1) is 13.8 Å². The Bertz CT molecular complexity index is 3530. The Morgan fingerprint density at radius 2 is 1.22 bits per heavy atom. The van der Waals surface area contributed by atoms with Crippen LogP contribution in [-0.2, 0) is 69.8 Å². The molecule has 2 aliphatic heterocycles. The van der Waals surface area contributed by atoms with Gasteiger partial charge in [-0.25, -0.2) is 22.3 Å². The number of nitrogens with zero attached hydrogens (tertiary/aromatic N) is 2. The summed E-state index contributed by atoms with van der Waals surface area (Å²) in [5.74, 6) is -11.9. The van der Waals surface area contributed by atoms with Crippen molar-refractivity contribution in [3.8, 4) is 5.75 Å². The average molecular weight is 1280 g/mol. The first-order chi connectivity index (χ1) is 41.8. The van der Waals surface area contributed by atoms with Crippen molar-refractivity contribution in [1.29, 1.82) is 0 Å². The summed E-state index contributed by atoms with van der Waals surface area (Å²) in [6.45, 7) is 8.33. The van der Waals surface area contributed by atoms with Crippen LogP contribution in [0.2, 0.25) is 0 Å². The molecule has 2 aliphatic rings. The number of carbonyl (C=O) groups excluding carboxylic acids is 8. The van der Waals surface area contributed by atoms with Gasteiger partial charge in [-0.05, 0) is 124 Å². The molecule has 1 fully saturated rings. The Labute approximate surface area is 539 Å². The predicted molar refractivity (Wildman–Crippen MR) is 317 cm³/mol. The number of urea groups is 1. The minimum absolute atomic E-state index is 0. The fourth-order valence-electron chi connectivity index (χ4n) is 10.3. The van der Waals surface area contributed by atoms with Gasteiger partial charge < -0.3 is 67.7 Å². The number of amides is 8. The van der Waals surface area contributed by atoms with Crippen molar-refractivity contribution in [3.05, 3.63) is 118 Å². The topological polar surface area (TPSA) is 434 Å². The number of carbonyl (C=O) groups is 12. The van der Waals surface area contributed by atoms with E-state index >= 15 is 0 Å². The van der Waals surface area contributed by atoms with Crippen molar-refractivity contribution < 1.29 is 121 Å². The maximum absolute atomic E-state index is 13.9. The van der Waals surface area contributed by atoms with E-state index < -0.39 is 162 Å². The number of hydrogen-bond donors (Lipinski definition) is 11. The molecule has 6 rings (SSSR count). The molecule has 0 radical (unpaired) electrons. The first-order valence-corrected chi connectivity index (χ1v) is 29.7. The number of nitrogens with two attached hydrogens (primary N) is 1. The monoisotopic (exact) mass is 1280 g/mol. The minimum atomic E-state index is -4.24. The number of carboxylic acid groups (broad SMARTS) is 4. The molecule has 30 heteroatoms. The summed E-state index contributed by atoms with van der Waals surface area (Å²) in [5.41, 5.74) is 8.89. The van der Waals surface area contributed by atoms with Crippen LogP contribution in [0.15, 0.2) is 89.8 Å². The molecule has 90 heavy (non-hydrogen) atoms. The fourth-order valence-corrected chi connectivity index (χ4v) is 11.7. The fraction of sp³-hybridized carbons (Fsp3) is 0.400. The zero-order valence-corrected chi connectivity index (χ0v) is 53.1. The van der Waals surface area contributed by atoms with Crippen molar-refractivity contribution in [3.63, 3.8) is 0 Å². The number of carboxylic acids is 4. The van der Waals surface area contributed by atoms with E-state index in [0.29, 0.717) is 40.0 Å². The molecule has 0 bridgehead atoms. The van der Waals surface area contributed by atoms with E-state index in [4.69, 9.17) is 15.6 Å². The second kappa shape index (κ2) is 31.6. The largest absolute Gasteiger partial charge is 1.00 e. The normalized spacial score (nSPS) is 15.2. The van der Waals surface area contributed by atoms with Crippen molar-refractivity contribution >= 4 is 92.7 Å². The average Bonchev–Trinajstić information content (AvgIpc) is 1.59. The predicted octanol–water partition coefficient (Wildman–Crippen LogP) is -0.0771. The molecule has 0 spiro atoms. The standard InChI is InChI=1S/C60H71N9O19S.Na/c1-32-27-33(2)52(60(4,5)30-47(70)63-38-13-11-36(12-14-38)57(83)68-26-25-37-29-39(15-20-45(37)68)89(86,87)69-31-44(67-59(69)85)35-9-7-6-8-10-35)46(28-32)88-58(84)34(3)62-54(80)41(17-22-49(73)74)65-56(82)43(19-24-51(77)78)66-55(81)42(18-23-50(75)76)64-53(79)40(61)16-21-48(71)72;/h6-15,20,27-29,34,40-44H,16-19,21-26,30-31,61H2,1-5H3,(H,62,80)(H,63,70)(H,64,79)(H,65,82)(H,66,81)(H,67,85)(H,71,72)(H,73,74)(H,75,76)(H,77,78);/q;+1/t34?,40-,41-,42-,43-,44+;/m0./s1.